The number of rotatable bonds is 8. The number of hydrogen-bond donors (Lipinski definition) is 2. The molecule has 0 heterocycles. The molecule has 21 heavy (non-hydrogen) atoms. The van der Waals surface area contributed by atoms with Gasteiger partial charge in [-0.25, -0.2) is 9.38 Å². The van der Waals surface area contributed by atoms with Gasteiger partial charge in [0.25, 0.3) is 0 Å². The maximum absolute atomic E-state index is 13.5. The molecule has 0 aromatic heterocycles. The number of nitrogens with two attached hydrogens (primary N) is 1. The van der Waals surface area contributed by atoms with Crippen LogP contribution in [0.4, 0.5) is 4.39 Å². The lowest BCUT2D eigenvalue weighted by Gasteiger charge is -2.06. The van der Waals surface area contributed by atoms with Crippen molar-refractivity contribution in [2.24, 2.45) is 10.7 Å². The Labute approximate surface area is 143 Å². The fraction of sp³-hybridized carbons (Fsp3) is 0.533. The third-order valence-electron chi connectivity index (χ3n) is 2.98. The molecule has 120 valence electrons. The van der Waals surface area contributed by atoms with Gasteiger partial charge in [0.15, 0.2) is 17.5 Å². The number of nitrogens with one attached hydrogen (secondary N) is 1. The van der Waals surface area contributed by atoms with Crippen LogP contribution in [0.3, 0.4) is 0 Å². The van der Waals surface area contributed by atoms with Gasteiger partial charge in [0.2, 0.25) is 0 Å². The van der Waals surface area contributed by atoms with Gasteiger partial charge in [-0.15, -0.1) is 24.0 Å². The zero-order valence-corrected chi connectivity index (χ0v) is 15.0. The van der Waals surface area contributed by atoms with Gasteiger partial charge in [0, 0.05) is 6.54 Å². The average molecular weight is 409 g/mol. The van der Waals surface area contributed by atoms with E-state index in [1.807, 2.05) is 0 Å². The summed E-state index contributed by atoms with van der Waals surface area (Å²) in [5, 5.41) is 3.06. The highest BCUT2D eigenvalue weighted by molar-refractivity contribution is 14.0. The van der Waals surface area contributed by atoms with E-state index in [1.165, 1.54) is 32.4 Å². The van der Waals surface area contributed by atoms with E-state index in [0.717, 1.165) is 18.5 Å². The topological polar surface area (TPSA) is 59.6 Å². The van der Waals surface area contributed by atoms with Crippen molar-refractivity contribution < 1.29 is 9.13 Å². The summed E-state index contributed by atoms with van der Waals surface area (Å²) in [5.41, 5.74) is 6.51. The lowest BCUT2D eigenvalue weighted by atomic mass is 10.2. The van der Waals surface area contributed by atoms with Crippen LogP contribution in [-0.4, -0.2) is 19.6 Å². The Balaban J connectivity index is 0.00000400. The summed E-state index contributed by atoms with van der Waals surface area (Å²) in [6.45, 7) is 3.36. The molecule has 0 saturated heterocycles. The second-order valence-electron chi connectivity index (χ2n) is 4.66. The number of hydrogen-bond acceptors (Lipinski definition) is 2. The summed E-state index contributed by atoms with van der Waals surface area (Å²) in [7, 11) is 1.44. The Hall–Kier alpha value is -1.05. The first-order valence-electron chi connectivity index (χ1n) is 7.03. The number of guanidine groups is 1. The van der Waals surface area contributed by atoms with Crippen LogP contribution in [-0.2, 0) is 6.54 Å². The molecule has 4 nitrogen and oxygen atoms in total. The first-order chi connectivity index (χ1) is 9.67. The number of halogens is 2. The predicted octanol–water partition coefficient (Wildman–Crippen LogP) is 3.44. The number of methoxy groups -OCH3 is 1. The van der Waals surface area contributed by atoms with Crippen LogP contribution < -0.4 is 15.8 Å². The SMILES string of the molecule is CCCCCCNC(N)=NCc1ccc(OC)c(F)c1.I. The maximum Gasteiger partial charge on any atom is 0.188 e. The third-order valence-corrected chi connectivity index (χ3v) is 2.98. The van der Waals surface area contributed by atoms with Gasteiger partial charge in [0.05, 0.1) is 13.7 Å². The standard InChI is InChI=1S/C15H24FN3O.HI/c1-3-4-5-6-9-18-15(17)19-11-12-7-8-14(20-2)13(16)10-12;/h7-8,10H,3-6,9,11H2,1-2H3,(H3,17,18,19);1H. The van der Waals surface area contributed by atoms with Crippen LogP contribution in [0.25, 0.3) is 0 Å². The molecular weight excluding hydrogens is 384 g/mol. The van der Waals surface area contributed by atoms with Gasteiger partial charge in [-0.2, -0.15) is 0 Å². The fourth-order valence-corrected chi connectivity index (χ4v) is 1.81. The van der Waals surface area contributed by atoms with Gasteiger partial charge in [-0.3, -0.25) is 0 Å². The average Bonchev–Trinajstić information content (AvgIpc) is 2.45. The molecule has 0 aliphatic carbocycles. The van der Waals surface area contributed by atoms with Crippen LogP contribution in [0.2, 0.25) is 0 Å². The Bertz CT molecular complexity index is 441. The molecule has 0 bridgehead atoms. The Morgan fingerprint density at radius 3 is 2.71 bits per heavy atom. The summed E-state index contributed by atoms with van der Waals surface area (Å²) in [6, 6.07) is 4.78. The van der Waals surface area contributed by atoms with Crippen LogP contribution in [0.1, 0.15) is 38.2 Å². The molecule has 1 aromatic rings. The monoisotopic (exact) mass is 409 g/mol. The van der Waals surface area contributed by atoms with Gasteiger partial charge >= 0.3 is 0 Å². The maximum atomic E-state index is 13.5. The van der Waals surface area contributed by atoms with Crippen molar-refractivity contribution in [1.29, 1.82) is 0 Å². The van der Waals surface area contributed by atoms with Crippen molar-refractivity contribution in [3.05, 3.63) is 29.6 Å². The molecule has 0 aliphatic rings. The molecule has 0 fully saturated rings. The van der Waals surface area contributed by atoms with E-state index >= 15 is 0 Å². The van der Waals surface area contributed by atoms with E-state index in [0.29, 0.717) is 12.5 Å². The van der Waals surface area contributed by atoms with Gasteiger partial charge < -0.3 is 15.8 Å². The van der Waals surface area contributed by atoms with Crippen LogP contribution >= 0.6 is 24.0 Å². The number of aliphatic imine (C=N–C) groups is 1. The van der Waals surface area contributed by atoms with Gasteiger partial charge in [-0.1, -0.05) is 32.3 Å². The van der Waals surface area contributed by atoms with Crippen molar-refractivity contribution in [1.82, 2.24) is 5.32 Å². The first-order valence-corrected chi connectivity index (χ1v) is 7.03. The predicted molar refractivity (Wildman–Crippen MR) is 95.8 cm³/mol. The van der Waals surface area contributed by atoms with E-state index in [1.54, 1.807) is 12.1 Å². The number of unbranched alkanes of at least 4 members (excludes halogenated alkanes) is 3. The first kappa shape index (κ1) is 19.9. The highest BCUT2D eigenvalue weighted by Crippen LogP contribution is 2.17. The zero-order valence-electron chi connectivity index (χ0n) is 12.7. The van der Waals surface area contributed by atoms with E-state index < -0.39 is 0 Å². The molecule has 0 radical (unpaired) electrons. The third kappa shape index (κ3) is 8.08. The summed E-state index contributed by atoms with van der Waals surface area (Å²) < 4.78 is 18.3. The molecule has 1 rings (SSSR count). The van der Waals surface area contributed by atoms with Crippen molar-refractivity contribution in [3.63, 3.8) is 0 Å². The van der Waals surface area contributed by atoms with Crippen molar-refractivity contribution in [3.8, 4) is 5.75 Å². The molecule has 0 amide bonds. The van der Waals surface area contributed by atoms with Gasteiger partial charge in [0.1, 0.15) is 0 Å². The summed E-state index contributed by atoms with van der Waals surface area (Å²) in [4.78, 5) is 4.18. The van der Waals surface area contributed by atoms with Crippen LogP contribution in [0.15, 0.2) is 23.2 Å². The highest BCUT2D eigenvalue weighted by atomic mass is 127. The molecule has 0 atom stereocenters. The van der Waals surface area contributed by atoms with E-state index in [-0.39, 0.29) is 35.5 Å². The molecular formula is C15H25FIN3O. The molecule has 0 aliphatic heterocycles. The molecule has 0 unspecified atom stereocenters. The summed E-state index contributed by atoms with van der Waals surface area (Å²) in [6.07, 6.45) is 4.73. The van der Waals surface area contributed by atoms with Crippen molar-refractivity contribution in [2.75, 3.05) is 13.7 Å². The minimum atomic E-state index is -0.383. The Morgan fingerprint density at radius 2 is 2.10 bits per heavy atom. The minimum absolute atomic E-state index is 0. The van der Waals surface area contributed by atoms with E-state index in [4.69, 9.17) is 10.5 Å². The van der Waals surface area contributed by atoms with Crippen LogP contribution in [0, 0.1) is 5.82 Å². The van der Waals surface area contributed by atoms with Crippen molar-refractivity contribution >= 4 is 29.9 Å². The van der Waals surface area contributed by atoms with Crippen LogP contribution in [0.5, 0.6) is 5.75 Å². The lowest BCUT2D eigenvalue weighted by molar-refractivity contribution is 0.386. The second kappa shape index (κ2) is 11.6. The van der Waals surface area contributed by atoms with Crippen molar-refractivity contribution in [2.45, 2.75) is 39.2 Å². The number of nitrogens with zero attached hydrogens (tertiary/aromatic N) is 1. The summed E-state index contributed by atoms with van der Waals surface area (Å²) in [5.74, 6) is 0.253. The molecule has 3 N–H and O–H groups in total. The largest absolute Gasteiger partial charge is 0.494 e. The fourth-order valence-electron chi connectivity index (χ4n) is 1.81. The summed E-state index contributed by atoms with van der Waals surface area (Å²) >= 11 is 0. The quantitative estimate of drug-likeness (QED) is 0.299. The van der Waals surface area contributed by atoms with E-state index in [2.05, 4.69) is 17.2 Å². The van der Waals surface area contributed by atoms with E-state index in [9.17, 15) is 4.39 Å². The lowest BCUT2D eigenvalue weighted by Crippen LogP contribution is -2.32. The molecule has 0 spiro atoms. The number of ether oxygens (including phenoxy) is 1. The molecule has 0 saturated carbocycles. The number of benzene rings is 1. The Morgan fingerprint density at radius 1 is 1.33 bits per heavy atom. The second-order valence-corrected chi connectivity index (χ2v) is 4.66. The smallest absolute Gasteiger partial charge is 0.188 e. The highest BCUT2D eigenvalue weighted by Gasteiger charge is 2.02. The molecule has 1 aromatic carbocycles. The molecule has 6 heteroatoms. The zero-order chi connectivity index (χ0) is 14.8. The normalized spacial score (nSPS) is 10.9. The minimum Gasteiger partial charge on any atom is -0.494 e. The Kier molecular flexibility index (Phi) is 11.0. The van der Waals surface area contributed by atoms with Gasteiger partial charge in [-0.05, 0) is 24.1 Å².